The molecule has 34 heavy (non-hydrogen) atoms. The summed E-state index contributed by atoms with van der Waals surface area (Å²) in [5, 5.41) is 4.67. The molecule has 0 saturated carbocycles. The first-order chi connectivity index (χ1) is 16.2. The number of oxazole rings is 1. The van der Waals surface area contributed by atoms with Gasteiger partial charge in [0, 0.05) is 5.56 Å². The maximum Gasteiger partial charge on any atom is 0.251 e. The summed E-state index contributed by atoms with van der Waals surface area (Å²) in [6.45, 7) is 2.09. The van der Waals surface area contributed by atoms with Gasteiger partial charge in [-0.1, -0.05) is 84.1 Å². The molecule has 0 fully saturated rings. The smallest absolute Gasteiger partial charge is 0.251 e. The van der Waals surface area contributed by atoms with Crippen molar-refractivity contribution in [3.05, 3.63) is 121 Å². The molecule has 1 heterocycles. The first-order valence-corrected chi connectivity index (χ1v) is 13.9. The third kappa shape index (κ3) is 4.47. The minimum absolute atomic E-state index is 0. The van der Waals surface area contributed by atoms with Crippen LogP contribution in [0.1, 0.15) is 5.56 Å². The molecule has 0 bridgehead atoms. The quantitative estimate of drug-likeness (QED) is 0.126. The maximum atomic E-state index is 6.44. The second kappa shape index (κ2) is 10.9. The van der Waals surface area contributed by atoms with Crippen LogP contribution in [0.15, 0.2) is 125 Å². The highest BCUT2D eigenvalue weighted by Crippen LogP contribution is 2.55. The molecule has 0 unspecified atom stereocenters. The Morgan fingerprint density at radius 2 is 1.09 bits per heavy atom. The number of thioether (sulfide) groups is 1. The standard InChI is InChI=1S/C29H25NOPS.HI/c1-22-18-20-23(21-19-22)27-30-28(29(31-27)33-2)32(24-12-6-3-7-13-24,25-14-8-4-9-15-25)26-16-10-5-11-17-26;/h3-21H,1-2H3;1H/q+1;. The van der Waals surface area contributed by atoms with E-state index in [4.69, 9.17) is 9.40 Å². The Morgan fingerprint density at radius 3 is 1.50 bits per heavy atom. The number of hydrogen-bond acceptors (Lipinski definition) is 3. The summed E-state index contributed by atoms with van der Waals surface area (Å²) in [7, 11) is -2.29. The summed E-state index contributed by atoms with van der Waals surface area (Å²) in [6, 6.07) is 40.7. The monoisotopic (exact) mass is 594 g/mol. The summed E-state index contributed by atoms with van der Waals surface area (Å²) < 4.78 is 6.44. The van der Waals surface area contributed by atoms with Gasteiger partial charge in [0.15, 0.2) is 7.26 Å². The molecule has 0 atom stereocenters. The van der Waals surface area contributed by atoms with E-state index >= 15 is 0 Å². The largest absolute Gasteiger partial charge is 0.425 e. The molecule has 1 aromatic heterocycles. The molecule has 0 spiro atoms. The normalized spacial score (nSPS) is 11.1. The summed E-state index contributed by atoms with van der Waals surface area (Å²) in [5.41, 5.74) is 3.24. The number of halogens is 1. The fourth-order valence-corrected chi connectivity index (χ4v) is 9.35. The van der Waals surface area contributed by atoms with Gasteiger partial charge in [-0.2, -0.15) is 4.98 Å². The molecule has 4 aromatic carbocycles. The molecule has 5 heteroatoms. The Bertz CT molecular complexity index is 1240. The van der Waals surface area contributed by atoms with Crippen LogP contribution in [-0.2, 0) is 0 Å². The molecule has 0 radical (unpaired) electrons. The third-order valence-electron chi connectivity index (χ3n) is 5.81. The lowest BCUT2D eigenvalue weighted by atomic mass is 10.1. The average molecular weight is 594 g/mol. The molecule has 5 aromatic rings. The fraction of sp³-hybridized carbons (Fsp3) is 0.0690. The molecular formula is C29H26INOPS+. The Labute approximate surface area is 223 Å². The molecule has 0 aliphatic rings. The molecular weight excluding hydrogens is 568 g/mol. The van der Waals surface area contributed by atoms with Gasteiger partial charge in [-0.25, -0.2) is 0 Å². The van der Waals surface area contributed by atoms with Gasteiger partial charge >= 0.3 is 0 Å². The van der Waals surface area contributed by atoms with E-state index in [1.807, 2.05) is 0 Å². The van der Waals surface area contributed by atoms with E-state index in [2.05, 4.69) is 128 Å². The zero-order valence-electron chi connectivity index (χ0n) is 19.1. The van der Waals surface area contributed by atoms with E-state index in [0.717, 1.165) is 16.1 Å². The van der Waals surface area contributed by atoms with Crippen molar-refractivity contribution >= 4 is 64.3 Å². The fourth-order valence-electron chi connectivity index (χ4n) is 4.23. The Hall–Kier alpha value is -2.40. The van der Waals surface area contributed by atoms with Gasteiger partial charge in [0.25, 0.3) is 5.44 Å². The molecule has 2 nitrogen and oxygen atoms in total. The SMILES string of the molecule is CSc1oc(-c2ccc(C)cc2)nc1[P+](c1ccccc1)(c1ccccc1)c1ccccc1.I. The van der Waals surface area contributed by atoms with Gasteiger partial charge < -0.3 is 4.42 Å². The van der Waals surface area contributed by atoms with E-state index in [1.165, 1.54) is 21.5 Å². The van der Waals surface area contributed by atoms with Crippen molar-refractivity contribution in [2.75, 3.05) is 6.26 Å². The lowest BCUT2D eigenvalue weighted by Gasteiger charge is -2.25. The Kier molecular flexibility index (Phi) is 7.92. The average Bonchev–Trinajstić information content (AvgIpc) is 3.32. The summed E-state index contributed by atoms with van der Waals surface area (Å²) in [6.07, 6.45) is 2.07. The minimum Gasteiger partial charge on any atom is -0.425 e. The number of rotatable bonds is 6. The van der Waals surface area contributed by atoms with Gasteiger partial charge in [0.2, 0.25) is 11.0 Å². The first kappa shape index (κ1) is 24.7. The Balaban J connectivity index is 0.00000274. The van der Waals surface area contributed by atoms with Crippen molar-refractivity contribution in [3.8, 4) is 11.5 Å². The van der Waals surface area contributed by atoms with Crippen LogP contribution >= 0.6 is 43.0 Å². The number of aryl methyl sites for hydroxylation is 1. The molecule has 170 valence electrons. The van der Waals surface area contributed by atoms with Crippen molar-refractivity contribution in [2.24, 2.45) is 0 Å². The van der Waals surface area contributed by atoms with Gasteiger partial charge in [0.05, 0.1) is 0 Å². The van der Waals surface area contributed by atoms with Crippen LogP contribution in [0.5, 0.6) is 0 Å². The van der Waals surface area contributed by atoms with Crippen LogP contribution in [-0.4, -0.2) is 11.2 Å². The molecule has 0 aliphatic heterocycles. The predicted molar refractivity (Wildman–Crippen MR) is 159 cm³/mol. The number of nitrogens with zero attached hydrogens (tertiary/aromatic N) is 1. The third-order valence-corrected chi connectivity index (χ3v) is 10.8. The van der Waals surface area contributed by atoms with E-state index in [0.29, 0.717) is 5.89 Å². The van der Waals surface area contributed by atoms with Crippen molar-refractivity contribution < 1.29 is 4.42 Å². The van der Waals surface area contributed by atoms with E-state index < -0.39 is 7.26 Å². The highest BCUT2D eigenvalue weighted by atomic mass is 127. The van der Waals surface area contributed by atoms with Crippen LogP contribution in [0.25, 0.3) is 11.5 Å². The van der Waals surface area contributed by atoms with Crippen molar-refractivity contribution in [1.29, 1.82) is 0 Å². The van der Waals surface area contributed by atoms with Crippen molar-refractivity contribution in [3.63, 3.8) is 0 Å². The topological polar surface area (TPSA) is 26.0 Å². The predicted octanol–water partition coefficient (Wildman–Crippen LogP) is 6.61. The second-order valence-electron chi connectivity index (χ2n) is 7.88. The van der Waals surface area contributed by atoms with Gasteiger partial charge in [-0.15, -0.1) is 24.0 Å². The number of hydrogen-bond donors (Lipinski definition) is 0. The van der Waals surface area contributed by atoms with Gasteiger partial charge in [0.1, 0.15) is 15.9 Å². The van der Waals surface area contributed by atoms with Crippen LogP contribution < -0.4 is 21.3 Å². The van der Waals surface area contributed by atoms with E-state index in [9.17, 15) is 0 Å². The molecule has 0 saturated heterocycles. The minimum atomic E-state index is -2.29. The molecule has 0 aliphatic carbocycles. The Morgan fingerprint density at radius 1 is 0.647 bits per heavy atom. The van der Waals surface area contributed by atoms with Crippen LogP contribution in [0.4, 0.5) is 0 Å². The highest BCUT2D eigenvalue weighted by molar-refractivity contribution is 14.0. The lowest BCUT2D eigenvalue weighted by molar-refractivity contribution is 0.488. The van der Waals surface area contributed by atoms with Crippen molar-refractivity contribution in [2.45, 2.75) is 12.0 Å². The van der Waals surface area contributed by atoms with Gasteiger partial charge in [-0.3, -0.25) is 0 Å². The first-order valence-electron chi connectivity index (χ1n) is 10.9. The van der Waals surface area contributed by atoms with Crippen LogP contribution in [0, 0.1) is 6.92 Å². The van der Waals surface area contributed by atoms with E-state index in [1.54, 1.807) is 11.8 Å². The molecule has 0 N–H and O–H groups in total. The summed E-state index contributed by atoms with van der Waals surface area (Å²) in [5.74, 6) is 0.668. The van der Waals surface area contributed by atoms with Crippen LogP contribution in [0.2, 0.25) is 0 Å². The van der Waals surface area contributed by atoms with Crippen LogP contribution in [0.3, 0.4) is 0 Å². The van der Waals surface area contributed by atoms with E-state index in [-0.39, 0.29) is 24.0 Å². The van der Waals surface area contributed by atoms with Crippen molar-refractivity contribution in [1.82, 2.24) is 4.98 Å². The molecule has 5 rings (SSSR count). The number of benzene rings is 4. The molecule has 0 amide bonds. The maximum absolute atomic E-state index is 6.44. The summed E-state index contributed by atoms with van der Waals surface area (Å²) in [4.78, 5) is 5.24. The zero-order valence-corrected chi connectivity index (χ0v) is 23.1. The lowest BCUT2D eigenvalue weighted by Crippen LogP contribution is -2.39. The van der Waals surface area contributed by atoms with Gasteiger partial charge in [-0.05, 0) is 61.7 Å². The summed E-state index contributed by atoms with van der Waals surface area (Å²) >= 11 is 1.62. The second-order valence-corrected chi connectivity index (χ2v) is 12.0. The zero-order chi connectivity index (χ0) is 22.7. The number of aromatic nitrogens is 1. The highest BCUT2D eigenvalue weighted by Gasteiger charge is 2.52.